The van der Waals surface area contributed by atoms with Crippen molar-refractivity contribution < 1.29 is 43.9 Å². The molecular formula is C37H34BF10P. The summed E-state index contributed by atoms with van der Waals surface area (Å²) in [7, 11) is -2.20. The van der Waals surface area contributed by atoms with E-state index in [1.807, 2.05) is 65.8 Å². The molecule has 0 saturated heterocycles. The van der Waals surface area contributed by atoms with Crippen LogP contribution in [0.4, 0.5) is 43.9 Å². The van der Waals surface area contributed by atoms with Gasteiger partial charge in [0, 0.05) is 6.16 Å². The van der Waals surface area contributed by atoms with Crippen molar-refractivity contribution in [3.05, 3.63) is 133 Å². The van der Waals surface area contributed by atoms with Gasteiger partial charge in [-0.3, -0.25) is 0 Å². The molecule has 0 N–H and O–H groups in total. The molecule has 260 valence electrons. The van der Waals surface area contributed by atoms with E-state index < -0.39 is 89.5 Å². The van der Waals surface area contributed by atoms with E-state index in [0.29, 0.717) is 5.98 Å². The fourth-order valence-corrected chi connectivity index (χ4v) is 10.9. The molecule has 4 rings (SSSR count). The maximum Gasteiger partial charge on any atom is 0.200 e. The van der Waals surface area contributed by atoms with Gasteiger partial charge in [0.25, 0.3) is 0 Å². The van der Waals surface area contributed by atoms with E-state index in [2.05, 4.69) is 5.73 Å². The van der Waals surface area contributed by atoms with Gasteiger partial charge in [0.15, 0.2) is 34.9 Å². The molecule has 0 aliphatic heterocycles. The molecule has 0 nitrogen and oxygen atoms in total. The lowest BCUT2D eigenvalue weighted by Gasteiger charge is -2.39. The van der Waals surface area contributed by atoms with Crippen molar-refractivity contribution >= 4 is 35.6 Å². The molecule has 49 heavy (non-hydrogen) atoms. The second kappa shape index (κ2) is 14.2. The Morgan fingerprint density at radius 2 is 0.816 bits per heavy atom. The molecule has 0 saturated carbocycles. The highest BCUT2D eigenvalue weighted by molar-refractivity contribution is 7.73. The zero-order valence-corrected chi connectivity index (χ0v) is 29.2. The van der Waals surface area contributed by atoms with Crippen LogP contribution in [0, 0.1) is 99.7 Å². The Morgan fingerprint density at radius 3 is 1.10 bits per heavy atom. The summed E-state index contributed by atoms with van der Waals surface area (Å²) >= 11 is 0. The van der Waals surface area contributed by atoms with Crippen LogP contribution < -0.4 is 21.5 Å². The molecular weight excluding hydrogens is 676 g/mol. The smallest absolute Gasteiger partial charge is 0.200 e. The van der Waals surface area contributed by atoms with E-state index in [0.717, 1.165) is 44.0 Å². The average molecular weight is 710 g/mol. The Balaban J connectivity index is 2.23. The number of allylic oxidation sites excluding steroid dienone is 1. The van der Waals surface area contributed by atoms with Crippen LogP contribution in [0.5, 0.6) is 0 Å². The first-order valence-electron chi connectivity index (χ1n) is 15.4. The first-order chi connectivity index (χ1) is 22.8. The van der Waals surface area contributed by atoms with Crippen molar-refractivity contribution in [3.63, 3.8) is 0 Å². The summed E-state index contributed by atoms with van der Waals surface area (Å²) in [6, 6.07) is 7.62. The maximum atomic E-state index is 15.9. The van der Waals surface area contributed by atoms with E-state index >= 15 is 17.6 Å². The van der Waals surface area contributed by atoms with Gasteiger partial charge in [0.05, 0.1) is 7.92 Å². The van der Waals surface area contributed by atoms with E-state index in [1.165, 1.54) is 13.8 Å². The van der Waals surface area contributed by atoms with Crippen LogP contribution in [-0.2, 0) is 0 Å². The lowest BCUT2D eigenvalue weighted by atomic mass is 9.17. The third-order valence-electron chi connectivity index (χ3n) is 8.98. The van der Waals surface area contributed by atoms with Crippen molar-refractivity contribution in [3.8, 4) is 0 Å². The zero-order valence-electron chi connectivity index (χ0n) is 28.2. The number of aryl methyl sites for hydroxylation is 6. The van der Waals surface area contributed by atoms with Gasteiger partial charge in [-0.15, -0.1) is 17.2 Å². The lowest BCUT2D eigenvalue weighted by molar-refractivity contribution is 0.381. The first kappa shape index (κ1) is 38.0. The third-order valence-corrected chi connectivity index (χ3v) is 12.6. The van der Waals surface area contributed by atoms with Crippen molar-refractivity contribution in [2.45, 2.75) is 61.7 Å². The highest BCUT2D eigenvalue weighted by atomic mass is 31.1. The molecule has 0 spiro atoms. The van der Waals surface area contributed by atoms with Crippen molar-refractivity contribution in [2.75, 3.05) is 6.16 Å². The minimum Gasteiger partial charge on any atom is -0.207 e. The largest absolute Gasteiger partial charge is 0.207 e. The normalized spacial score (nSPS) is 11.7. The molecule has 0 amide bonds. The molecule has 0 heterocycles. The predicted octanol–water partition coefficient (Wildman–Crippen LogP) is 9.02. The molecule has 12 heteroatoms. The fraction of sp³-hybridized carbons (Fsp3) is 0.270. The third kappa shape index (κ3) is 6.72. The Bertz CT molecular complexity index is 1830. The second-order valence-electron chi connectivity index (χ2n) is 13.0. The summed E-state index contributed by atoms with van der Waals surface area (Å²) in [6.45, 7) is 14.0. The summed E-state index contributed by atoms with van der Waals surface area (Å²) in [5, 5.41) is 1.63. The standard InChI is InChI=1S/C37H33BF10P/c1-17(2)9-10-38(24-26(39)30(43)34(47)31(44)27(24)40,25-28(41)32(45)35(48)33(46)29(25)42)11-12-49(36-20(5)13-18(3)14-21(36)6)37-22(7)15-19(4)16-23(37)8/h10,13-16H,11-12H2,1-8H3/q-1/p+1. The summed E-state index contributed by atoms with van der Waals surface area (Å²) < 4.78 is 152. The number of halogens is 10. The monoisotopic (exact) mass is 710 g/mol. The molecule has 0 radical (unpaired) electrons. The zero-order chi connectivity index (χ0) is 36.9. The predicted molar refractivity (Wildman–Crippen MR) is 179 cm³/mol. The topological polar surface area (TPSA) is 0 Å². The maximum absolute atomic E-state index is 15.9. The van der Waals surface area contributed by atoms with Crippen LogP contribution >= 0.6 is 7.92 Å². The first-order valence-corrected chi connectivity index (χ1v) is 17.1. The Hall–Kier alpha value is -3.81. The second-order valence-corrected chi connectivity index (χ2v) is 15.4. The fourth-order valence-electron chi connectivity index (χ4n) is 7.20. The van der Waals surface area contributed by atoms with Gasteiger partial charge in [0.2, 0.25) is 0 Å². The molecule has 0 bridgehead atoms. The van der Waals surface area contributed by atoms with Gasteiger partial charge in [-0.25, -0.2) is 43.9 Å². The SMILES string of the molecule is CC(C)=C=C[B-](CC[PH+](c1c(C)cc(C)cc1C)c1c(C)cc(C)cc1C)(c1c(F)c(F)c(F)c(F)c1F)c1c(F)c(F)c(F)c(F)c1F. The van der Waals surface area contributed by atoms with Gasteiger partial charge < -0.3 is 0 Å². The summed E-state index contributed by atoms with van der Waals surface area (Å²) in [5.74, 6) is -23.9. The Kier molecular flexibility index (Phi) is 11.0. The van der Waals surface area contributed by atoms with Gasteiger partial charge >= 0.3 is 0 Å². The van der Waals surface area contributed by atoms with Gasteiger partial charge in [-0.05, 0) is 83.2 Å². The number of rotatable bonds is 8. The molecule has 0 atom stereocenters. The minimum atomic E-state index is -4.16. The van der Waals surface area contributed by atoms with Crippen molar-refractivity contribution in [1.29, 1.82) is 0 Å². The van der Waals surface area contributed by atoms with E-state index in [-0.39, 0.29) is 11.7 Å². The highest BCUT2D eigenvalue weighted by Crippen LogP contribution is 2.42. The molecule has 0 fully saturated rings. The highest BCUT2D eigenvalue weighted by Gasteiger charge is 2.43. The molecule has 4 aromatic carbocycles. The number of benzene rings is 4. The minimum absolute atomic E-state index is 0.194. The van der Waals surface area contributed by atoms with E-state index in [4.69, 9.17) is 0 Å². The Labute approximate surface area is 280 Å². The number of hydrogen-bond donors (Lipinski definition) is 0. The molecule has 4 aromatic rings. The molecule has 0 aliphatic rings. The van der Waals surface area contributed by atoms with Gasteiger partial charge in [-0.1, -0.05) is 35.4 Å². The molecule has 0 aromatic heterocycles. The van der Waals surface area contributed by atoms with Gasteiger partial charge in [0.1, 0.15) is 40.0 Å². The van der Waals surface area contributed by atoms with Crippen LogP contribution in [0.2, 0.25) is 6.32 Å². The van der Waals surface area contributed by atoms with Crippen LogP contribution in [0.25, 0.3) is 0 Å². The Morgan fingerprint density at radius 1 is 0.531 bits per heavy atom. The summed E-state index contributed by atoms with van der Waals surface area (Å²) in [4.78, 5) is 0. The quantitative estimate of drug-likeness (QED) is 0.0428. The van der Waals surface area contributed by atoms with Crippen LogP contribution in [-0.4, -0.2) is 12.3 Å². The van der Waals surface area contributed by atoms with E-state index in [9.17, 15) is 26.3 Å². The van der Waals surface area contributed by atoms with Crippen molar-refractivity contribution in [2.24, 2.45) is 0 Å². The lowest BCUT2D eigenvalue weighted by Crippen LogP contribution is -2.63. The summed E-state index contributed by atoms with van der Waals surface area (Å²) in [6.07, 6.45) is -5.14. The van der Waals surface area contributed by atoms with Crippen molar-refractivity contribution in [1.82, 2.24) is 0 Å². The van der Waals surface area contributed by atoms with E-state index in [1.54, 1.807) is 0 Å². The average Bonchev–Trinajstić information content (AvgIpc) is 3.01. The molecule has 0 aliphatic carbocycles. The summed E-state index contributed by atoms with van der Waals surface area (Å²) in [5.41, 5.74) is 4.47. The molecule has 0 unspecified atom stereocenters. The number of hydrogen-bond acceptors (Lipinski definition) is 0. The van der Waals surface area contributed by atoms with Crippen LogP contribution in [0.15, 0.2) is 41.5 Å². The van der Waals surface area contributed by atoms with Gasteiger partial charge in [-0.2, -0.15) is 11.7 Å². The van der Waals surface area contributed by atoms with Crippen LogP contribution in [0.1, 0.15) is 47.2 Å². The van der Waals surface area contributed by atoms with Crippen LogP contribution in [0.3, 0.4) is 0 Å².